The number of benzene rings is 1. The van der Waals surface area contributed by atoms with Gasteiger partial charge in [0.25, 0.3) is 0 Å². The Kier molecular flexibility index (Phi) is 5.69. The van der Waals surface area contributed by atoms with Crippen LogP contribution in [0.2, 0.25) is 0 Å². The van der Waals surface area contributed by atoms with Gasteiger partial charge >= 0.3 is 6.09 Å². The number of carbonyl (C=O) groups excluding carboxylic acids is 1. The Bertz CT molecular complexity index is 638. The maximum absolute atomic E-state index is 12.0. The highest BCUT2D eigenvalue weighted by atomic mass is 32.2. The molecule has 1 aromatic rings. The lowest BCUT2D eigenvalue weighted by Gasteiger charge is -2.27. The van der Waals surface area contributed by atoms with E-state index >= 15 is 0 Å². The van der Waals surface area contributed by atoms with Crippen molar-refractivity contribution >= 4 is 17.9 Å². The van der Waals surface area contributed by atoms with Crippen LogP contribution < -0.4 is 5.43 Å². The molecule has 7 heteroatoms. The van der Waals surface area contributed by atoms with Crippen LogP contribution in [0.1, 0.15) is 42.9 Å². The third-order valence-electron chi connectivity index (χ3n) is 5.23. The van der Waals surface area contributed by atoms with E-state index in [1.165, 1.54) is 16.1 Å². The number of thioether (sulfide) groups is 1. The largest absolute Gasteiger partial charge is 0.426 e. The van der Waals surface area contributed by atoms with E-state index in [-0.39, 0.29) is 25.5 Å². The van der Waals surface area contributed by atoms with Gasteiger partial charge in [0, 0.05) is 0 Å². The number of hydrogen-bond acceptors (Lipinski definition) is 6. The van der Waals surface area contributed by atoms with Crippen LogP contribution in [-0.2, 0) is 15.9 Å². The number of nitrogens with zero attached hydrogens (tertiary/aromatic N) is 1. The van der Waals surface area contributed by atoms with Crippen molar-refractivity contribution in [2.75, 3.05) is 18.9 Å². The summed E-state index contributed by atoms with van der Waals surface area (Å²) in [4.78, 5) is 12.0. The molecular formula is C19H26N2O4S. The van der Waals surface area contributed by atoms with Crippen molar-refractivity contribution in [3.8, 4) is 0 Å². The van der Waals surface area contributed by atoms with Crippen LogP contribution in [0.4, 0.5) is 4.79 Å². The fourth-order valence-corrected chi connectivity index (χ4v) is 5.17. The summed E-state index contributed by atoms with van der Waals surface area (Å²) in [5, 5.41) is 12.0. The first kappa shape index (κ1) is 18.1. The number of fused-ring (bicyclic) bond motifs is 1. The van der Waals surface area contributed by atoms with Crippen LogP contribution >= 0.6 is 11.8 Å². The Hall–Kier alpha value is -1.28. The number of amides is 1. The second-order valence-corrected chi connectivity index (χ2v) is 8.51. The lowest BCUT2D eigenvalue weighted by atomic mass is 9.89. The standard InChI is InChI=1S/C19H26N2O4S/c22-14(11-21-19(23)25-18(20-21)17-9-4-10-26-17)12-24-16-8-3-6-13-5-1-2-7-15(13)16/h1-2,5,7,14,16-18,20,22H,3-4,6,8-12H2/t14-,16+,17?,18?/m1/s1. The van der Waals surface area contributed by atoms with Gasteiger partial charge in [-0.2, -0.15) is 17.2 Å². The van der Waals surface area contributed by atoms with Crippen molar-refractivity contribution in [3.63, 3.8) is 0 Å². The molecule has 2 fully saturated rings. The molecule has 2 N–H and O–H groups in total. The van der Waals surface area contributed by atoms with Crippen LogP contribution in [0.25, 0.3) is 0 Å². The number of rotatable bonds is 6. The smallest absolute Gasteiger partial charge is 0.426 e. The summed E-state index contributed by atoms with van der Waals surface area (Å²) >= 11 is 1.83. The van der Waals surface area contributed by atoms with Crippen molar-refractivity contribution in [1.29, 1.82) is 0 Å². The van der Waals surface area contributed by atoms with Gasteiger partial charge in [-0.15, -0.1) is 0 Å². The van der Waals surface area contributed by atoms with E-state index in [1.807, 2.05) is 17.8 Å². The van der Waals surface area contributed by atoms with Crippen molar-refractivity contribution in [3.05, 3.63) is 35.4 Å². The minimum atomic E-state index is -0.751. The predicted molar refractivity (Wildman–Crippen MR) is 99.7 cm³/mol. The molecule has 0 radical (unpaired) electrons. The van der Waals surface area contributed by atoms with Gasteiger partial charge in [-0.1, -0.05) is 24.3 Å². The molecule has 2 unspecified atom stereocenters. The Morgan fingerprint density at radius 3 is 3.08 bits per heavy atom. The quantitative estimate of drug-likeness (QED) is 0.793. The summed E-state index contributed by atoms with van der Waals surface area (Å²) < 4.78 is 11.4. The second-order valence-electron chi connectivity index (χ2n) is 7.16. The summed E-state index contributed by atoms with van der Waals surface area (Å²) in [6.07, 6.45) is 3.93. The molecule has 0 aromatic heterocycles. The van der Waals surface area contributed by atoms with E-state index in [4.69, 9.17) is 9.47 Å². The SMILES string of the molecule is O=C1OC(C2CCCS2)NN1C[C@@H](O)CO[C@H]1CCCc2ccccc21. The van der Waals surface area contributed by atoms with Crippen molar-refractivity contribution in [2.24, 2.45) is 0 Å². The van der Waals surface area contributed by atoms with Crippen LogP contribution in [0, 0.1) is 0 Å². The van der Waals surface area contributed by atoms with Crippen molar-refractivity contribution in [1.82, 2.24) is 10.4 Å². The molecule has 0 saturated carbocycles. The molecule has 6 nitrogen and oxygen atoms in total. The molecule has 2 saturated heterocycles. The highest BCUT2D eigenvalue weighted by Gasteiger charge is 2.38. The van der Waals surface area contributed by atoms with E-state index in [9.17, 15) is 9.90 Å². The molecule has 2 aliphatic heterocycles. The molecule has 2 heterocycles. The van der Waals surface area contributed by atoms with E-state index in [0.29, 0.717) is 5.25 Å². The molecular weight excluding hydrogens is 352 g/mol. The fourth-order valence-electron chi connectivity index (χ4n) is 3.91. The Morgan fingerprint density at radius 2 is 2.23 bits per heavy atom. The fraction of sp³-hybridized carbons (Fsp3) is 0.632. The van der Waals surface area contributed by atoms with E-state index in [0.717, 1.165) is 37.9 Å². The lowest BCUT2D eigenvalue weighted by Crippen LogP contribution is -2.45. The molecule has 0 bridgehead atoms. The van der Waals surface area contributed by atoms with Crippen molar-refractivity contribution in [2.45, 2.75) is 55.8 Å². The highest BCUT2D eigenvalue weighted by Crippen LogP contribution is 2.33. The highest BCUT2D eigenvalue weighted by molar-refractivity contribution is 8.00. The van der Waals surface area contributed by atoms with Gasteiger partial charge in [-0.3, -0.25) is 0 Å². The Labute approximate surface area is 158 Å². The van der Waals surface area contributed by atoms with Gasteiger partial charge in [0.2, 0.25) is 0 Å². The van der Waals surface area contributed by atoms with Gasteiger partial charge in [-0.05, 0) is 49.0 Å². The molecule has 1 aliphatic carbocycles. The maximum Gasteiger partial charge on any atom is 0.426 e. The summed E-state index contributed by atoms with van der Waals surface area (Å²) in [6.45, 7) is 0.369. The first-order valence-corrected chi connectivity index (χ1v) is 10.5. The zero-order valence-electron chi connectivity index (χ0n) is 14.8. The summed E-state index contributed by atoms with van der Waals surface area (Å²) in [6, 6.07) is 8.34. The molecule has 3 aliphatic rings. The number of aliphatic hydroxyl groups is 1. The third kappa shape index (κ3) is 4.01. The first-order chi connectivity index (χ1) is 12.7. The number of aliphatic hydroxyl groups excluding tert-OH is 1. The number of β-amino-alcohol motifs (C(OH)–C–C–N with tert-alkyl or cyclic N) is 1. The molecule has 4 rings (SSSR count). The number of aryl methyl sites for hydroxylation is 1. The number of nitrogens with one attached hydrogen (secondary N) is 1. The van der Waals surface area contributed by atoms with E-state index < -0.39 is 12.2 Å². The number of hydrazine groups is 1. The van der Waals surface area contributed by atoms with Gasteiger partial charge in [-0.25, -0.2) is 9.80 Å². The van der Waals surface area contributed by atoms with Crippen molar-refractivity contribution < 1.29 is 19.4 Å². The number of cyclic esters (lactones) is 1. The minimum Gasteiger partial charge on any atom is -0.426 e. The average Bonchev–Trinajstić information content (AvgIpc) is 3.30. The number of hydrogen-bond donors (Lipinski definition) is 2. The molecule has 142 valence electrons. The summed E-state index contributed by atoms with van der Waals surface area (Å²) in [5.74, 6) is 1.11. The second kappa shape index (κ2) is 8.17. The monoisotopic (exact) mass is 378 g/mol. The zero-order chi connectivity index (χ0) is 17.9. The van der Waals surface area contributed by atoms with Gasteiger partial charge in [0.05, 0.1) is 30.6 Å². The summed E-state index contributed by atoms with van der Waals surface area (Å²) in [5.41, 5.74) is 5.65. The number of carbonyl (C=O) groups is 1. The molecule has 26 heavy (non-hydrogen) atoms. The minimum absolute atomic E-state index is 0.0238. The predicted octanol–water partition coefficient (Wildman–Crippen LogP) is 2.62. The Morgan fingerprint density at radius 1 is 1.35 bits per heavy atom. The van der Waals surface area contributed by atoms with E-state index in [1.54, 1.807) is 0 Å². The molecule has 0 spiro atoms. The Balaban J connectivity index is 1.27. The van der Waals surface area contributed by atoms with Crippen LogP contribution in [0.3, 0.4) is 0 Å². The first-order valence-electron chi connectivity index (χ1n) is 9.44. The third-order valence-corrected chi connectivity index (χ3v) is 6.67. The van der Waals surface area contributed by atoms with Gasteiger partial charge in [0.15, 0.2) is 6.23 Å². The molecule has 1 aromatic carbocycles. The maximum atomic E-state index is 12.0. The van der Waals surface area contributed by atoms with Crippen LogP contribution in [0.15, 0.2) is 24.3 Å². The normalized spacial score (nSPS) is 29.5. The van der Waals surface area contributed by atoms with E-state index in [2.05, 4.69) is 23.6 Å². The number of ether oxygens (including phenoxy) is 2. The molecule has 1 amide bonds. The van der Waals surface area contributed by atoms with Gasteiger partial charge < -0.3 is 14.6 Å². The van der Waals surface area contributed by atoms with Gasteiger partial charge in [0.1, 0.15) is 0 Å². The zero-order valence-corrected chi connectivity index (χ0v) is 15.6. The average molecular weight is 378 g/mol. The van der Waals surface area contributed by atoms with Crippen LogP contribution in [0.5, 0.6) is 0 Å². The molecule has 4 atom stereocenters. The topological polar surface area (TPSA) is 71.0 Å². The summed E-state index contributed by atoms with van der Waals surface area (Å²) in [7, 11) is 0. The van der Waals surface area contributed by atoms with Crippen LogP contribution in [-0.4, -0.2) is 52.7 Å². The lowest BCUT2D eigenvalue weighted by molar-refractivity contribution is -0.0269.